The number of rotatable bonds is 4. The van der Waals surface area contributed by atoms with Crippen molar-refractivity contribution in [1.29, 1.82) is 0 Å². The maximum absolute atomic E-state index is 12.8. The van der Waals surface area contributed by atoms with Crippen molar-refractivity contribution in [3.05, 3.63) is 22.3 Å². The van der Waals surface area contributed by atoms with Gasteiger partial charge in [0.25, 0.3) is 5.91 Å². The van der Waals surface area contributed by atoms with E-state index >= 15 is 0 Å². The van der Waals surface area contributed by atoms with Gasteiger partial charge in [-0.15, -0.1) is 0 Å². The molecular formula is C15H22BrN3O. The summed E-state index contributed by atoms with van der Waals surface area (Å²) in [6.07, 6.45) is 6.13. The molecule has 4 nitrogen and oxygen atoms in total. The van der Waals surface area contributed by atoms with Gasteiger partial charge >= 0.3 is 0 Å². The van der Waals surface area contributed by atoms with Crippen molar-refractivity contribution >= 4 is 27.7 Å². The number of nitrogens with zero attached hydrogens (tertiary/aromatic N) is 2. The Morgan fingerprint density at radius 1 is 1.55 bits per heavy atom. The van der Waals surface area contributed by atoms with Gasteiger partial charge in [0.15, 0.2) is 0 Å². The van der Waals surface area contributed by atoms with Crippen molar-refractivity contribution in [3.63, 3.8) is 0 Å². The largest absolute Gasteiger partial charge is 0.369 e. The summed E-state index contributed by atoms with van der Waals surface area (Å²) < 4.78 is 0.840. The van der Waals surface area contributed by atoms with E-state index in [0.717, 1.165) is 36.8 Å². The fraction of sp³-hybridized carbons (Fsp3) is 0.600. The first-order valence-electron chi connectivity index (χ1n) is 7.34. The van der Waals surface area contributed by atoms with Crippen molar-refractivity contribution in [2.75, 3.05) is 18.4 Å². The van der Waals surface area contributed by atoms with E-state index in [1.165, 1.54) is 6.42 Å². The van der Waals surface area contributed by atoms with Gasteiger partial charge in [0.05, 0.1) is 5.56 Å². The Kier molecular flexibility index (Phi) is 5.40. The van der Waals surface area contributed by atoms with E-state index in [9.17, 15) is 4.79 Å². The minimum absolute atomic E-state index is 0.0876. The number of amides is 1. The molecule has 1 fully saturated rings. The lowest BCUT2D eigenvalue weighted by molar-refractivity contribution is 0.0636. The topological polar surface area (TPSA) is 45.2 Å². The minimum atomic E-state index is 0.0876. The molecule has 0 aromatic carbocycles. The van der Waals surface area contributed by atoms with E-state index in [2.05, 4.69) is 40.1 Å². The van der Waals surface area contributed by atoms with E-state index in [0.29, 0.717) is 17.4 Å². The molecule has 5 heteroatoms. The van der Waals surface area contributed by atoms with Gasteiger partial charge in [-0.2, -0.15) is 0 Å². The van der Waals surface area contributed by atoms with Gasteiger partial charge in [0, 0.05) is 29.8 Å². The number of carbonyl (C=O) groups excluding carboxylic acids is 1. The Morgan fingerprint density at radius 2 is 2.35 bits per heavy atom. The maximum Gasteiger partial charge on any atom is 0.257 e. The second-order valence-corrected chi connectivity index (χ2v) is 6.24. The Morgan fingerprint density at radius 3 is 3.05 bits per heavy atom. The van der Waals surface area contributed by atoms with E-state index < -0.39 is 0 Å². The van der Waals surface area contributed by atoms with E-state index in [1.807, 2.05) is 11.0 Å². The lowest BCUT2D eigenvalue weighted by Gasteiger charge is -2.33. The SMILES string of the molecule is CCCNc1ncc(Br)cc1C(=O)N1CCCCC1C. The third kappa shape index (κ3) is 3.51. The normalized spacial score (nSPS) is 18.9. The number of carbonyl (C=O) groups is 1. The molecule has 2 rings (SSSR count). The molecule has 1 aliphatic heterocycles. The van der Waals surface area contributed by atoms with Crippen LogP contribution in [-0.2, 0) is 0 Å². The predicted molar refractivity (Wildman–Crippen MR) is 85.1 cm³/mol. The number of halogens is 1. The molecule has 0 radical (unpaired) electrons. The van der Waals surface area contributed by atoms with Crippen LogP contribution >= 0.6 is 15.9 Å². The first-order chi connectivity index (χ1) is 9.63. The van der Waals surface area contributed by atoms with Gasteiger partial charge < -0.3 is 10.2 Å². The van der Waals surface area contributed by atoms with E-state index in [1.54, 1.807) is 6.20 Å². The number of piperidine rings is 1. The summed E-state index contributed by atoms with van der Waals surface area (Å²) in [6.45, 7) is 5.89. The summed E-state index contributed by atoms with van der Waals surface area (Å²) in [4.78, 5) is 19.1. The number of likely N-dealkylation sites (tertiary alicyclic amines) is 1. The second-order valence-electron chi connectivity index (χ2n) is 5.32. The summed E-state index contributed by atoms with van der Waals surface area (Å²) >= 11 is 3.41. The molecule has 1 N–H and O–H groups in total. The number of hydrogen-bond acceptors (Lipinski definition) is 3. The zero-order chi connectivity index (χ0) is 14.5. The summed E-state index contributed by atoms with van der Waals surface area (Å²) in [5, 5.41) is 3.25. The molecule has 1 atom stereocenters. The highest BCUT2D eigenvalue weighted by molar-refractivity contribution is 9.10. The predicted octanol–water partition coefficient (Wildman–Crippen LogP) is 3.68. The van der Waals surface area contributed by atoms with Crippen LogP contribution < -0.4 is 5.32 Å². The standard InChI is InChI=1S/C15H22BrN3O/c1-3-7-17-14-13(9-12(16)10-18-14)15(20)19-8-5-4-6-11(19)2/h9-11H,3-8H2,1-2H3,(H,17,18). The molecule has 1 aliphatic rings. The molecule has 0 bridgehead atoms. The molecule has 1 aromatic heterocycles. The molecule has 110 valence electrons. The van der Waals surface area contributed by atoms with Crippen LogP contribution in [0.2, 0.25) is 0 Å². The lowest BCUT2D eigenvalue weighted by Crippen LogP contribution is -2.42. The quantitative estimate of drug-likeness (QED) is 0.909. The number of anilines is 1. The summed E-state index contributed by atoms with van der Waals surface area (Å²) in [5.41, 5.74) is 0.668. The Hall–Kier alpha value is -1.10. The van der Waals surface area contributed by atoms with Gasteiger partial charge in [0.1, 0.15) is 5.82 Å². The smallest absolute Gasteiger partial charge is 0.257 e. The number of nitrogens with one attached hydrogen (secondary N) is 1. The number of aromatic nitrogens is 1. The van der Waals surface area contributed by atoms with Crippen LogP contribution in [0.15, 0.2) is 16.7 Å². The second kappa shape index (κ2) is 7.07. The van der Waals surface area contributed by atoms with Crippen LogP contribution in [0, 0.1) is 0 Å². The average molecular weight is 340 g/mol. The first kappa shape index (κ1) is 15.3. The molecule has 1 amide bonds. The zero-order valence-corrected chi connectivity index (χ0v) is 13.7. The number of pyridine rings is 1. The van der Waals surface area contributed by atoms with Crippen molar-refractivity contribution < 1.29 is 4.79 Å². The Bertz CT molecular complexity index is 478. The fourth-order valence-corrected chi connectivity index (χ4v) is 2.87. The monoisotopic (exact) mass is 339 g/mol. The van der Waals surface area contributed by atoms with Crippen molar-refractivity contribution in [3.8, 4) is 0 Å². The zero-order valence-electron chi connectivity index (χ0n) is 12.2. The molecule has 20 heavy (non-hydrogen) atoms. The third-order valence-electron chi connectivity index (χ3n) is 3.69. The van der Waals surface area contributed by atoms with Crippen LogP contribution in [0.3, 0.4) is 0 Å². The molecule has 0 saturated carbocycles. The van der Waals surface area contributed by atoms with Crippen LogP contribution in [0.25, 0.3) is 0 Å². The lowest BCUT2D eigenvalue weighted by atomic mass is 10.0. The Balaban J connectivity index is 2.24. The van der Waals surface area contributed by atoms with Gasteiger partial charge in [-0.25, -0.2) is 4.98 Å². The van der Waals surface area contributed by atoms with E-state index in [-0.39, 0.29) is 5.91 Å². The molecule has 2 heterocycles. The average Bonchev–Trinajstić information content (AvgIpc) is 2.46. The minimum Gasteiger partial charge on any atom is -0.369 e. The highest BCUT2D eigenvalue weighted by Gasteiger charge is 2.26. The molecule has 1 unspecified atom stereocenters. The highest BCUT2D eigenvalue weighted by atomic mass is 79.9. The van der Waals surface area contributed by atoms with Crippen LogP contribution in [-0.4, -0.2) is 34.9 Å². The van der Waals surface area contributed by atoms with Crippen molar-refractivity contribution in [2.24, 2.45) is 0 Å². The summed E-state index contributed by atoms with van der Waals surface area (Å²) in [7, 11) is 0. The molecular weight excluding hydrogens is 318 g/mol. The van der Waals surface area contributed by atoms with Gasteiger partial charge in [-0.1, -0.05) is 6.92 Å². The van der Waals surface area contributed by atoms with Gasteiger partial charge in [-0.05, 0) is 54.6 Å². The highest BCUT2D eigenvalue weighted by Crippen LogP contribution is 2.24. The van der Waals surface area contributed by atoms with Gasteiger partial charge in [0.2, 0.25) is 0 Å². The van der Waals surface area contributed by atoms with Crippen molar-refractivity contribution in [2.45, 2.75) is 45.6 Å². The van der Waals surface area contributed by atoms with Crippen LogP contribution in [0.4, 0.5) is 5.82 Å². The number of hydrogen-bond donors (Lipinski definition) is 1. The van der Waals surface area contributed by atoms with Crippen LogP contribution in [0.5, 0.6) is 0 Å². The first-order valence-corrected chi connectivity index (χ1v) is 8.13. The van der Waals surface area contributed by atoms with Gasteiger partial charge in [-0.3, -0.25) is 4.79 Å². The van der Waals surface area contributed by atoms with Crippen LogP contribution in [0.1, 0.15) is 49.9 Å². The maximum atomic E-state index is 12.8. The molecule has 0 spiro atoms. The molecule has 1 saturated heterocycles. The fourth-order valence-electron chi connectivity index (χ4n) is 2.54. The third-order valence-corrected chi connectivity index (χ3v) is 4.12. The molecule has 0 aliphatic carbocycles. The van der Waals surface area contributed by atoms with Crippen molar-refractivity contribution in [1.82, 2.24) is 9.88 Å². The molecule has 1 aromatic rings. The Labute approximate surface area is 129 Å². The summed E-state index contributed by atoms with van der Waals surface area (Å²) in [5.74, 6) is 0.780. The van der Waals surface area contributed by atoms with E-state index in [4.69, 9.17) is 0 Å². The summed E-state index contributed by atoms with van der Waals surface area (Å²) in [6, 6.07) is 2.18.